The van der Waals surface area contributed by atoms with E-state index in [0.717, 1.165) is 31.8 Å². The maximum absolute atomic E-state index is 5.54. The van der Waals surface area contributed by atoms with Gasteiger partial charge in [0.1, 0.15) is 0 Å². The summed E-state index contributed by atoms with van der Waals surface area (Å²) in [5.41, 5.74) is 0.981. The van der Waals surface area contributed by atoms with Gasteiger partial charge in [-0.05, 0) is 6.42 Å². The average molecular weight is 254 g/mol. The van der Waals surface area contributed by atoms with Crippen LogP contribution >= 0.6 is 0 Å². The van der Waals surface area contributed by atoms with Gasteiger partial charge in [-0.15, -0.1) is 5.10 Å². The SMILES string of the molecule is CCCCCOCCn1cc(CNC(C)C)nn1. The molecule has 0 saturated carbocycles. The first-order valence-corrected chi connectivity index (χ1v) is 6.92. The summed E-state index contributed by atoms with van der Waals surface area (Å²) >= 11 is 0. The van der Waals surface area contributed by atoms with E-state index in [0.29, 0.717) is 12.6 Å². The summed E-state index contributed by atoms with van der Waals surface area (Å²) in [4.78, 5) is 0. The van der Waals surface area contributed by atoms with Crippen molar-refractivity contribution < 1.29 is 4.74 Å². The van der Waals surface area contributed by atoms with E-state index in [1.165, 1.54) is 12.8 Å². The maximum Gasteiger partial charge on any atom is 0.0964 e. The van der Waals surface area contributed by atoms with E-state index in [1.807, 2.05) is 10.9 Å². The molecule has 0 fully saturated rings. The van der Waals surface area contributed by atoms with Gasteiger partial charge in [0.15, 0.2) is 0 Å². The Hall–Kier alpha value is -0.940. The van der Waals surface area contributed by atoms with Gasteiger partial charge in [-0.25, -0.2) is 4.68 Å². The van der Waals surface area contributed by atoms with Crippen molar-refractivity contribution in [3.63, 3.8) is 0 Å². The Morgan fingerprint density at radius 3 is 2.89 bits per heavy atom. The second-order valence-corrected chi connectivity index (χ2v) is 4.83. The molecule has 0 amide bonds. The van der Waals surface area contributed by atoms with Crippen LogP contribution in [0, 0.1) is 0 Å². The van der Waals surface area contributed by atoms with Gasteiger partial charge < -0.3 is 10.1 Å². The van der Waals surface area contributed by atoms with Crippen LogP contribution in [0.25, 0.3) is 0 Å². The fraction of sp³-hybridized carbons (Fsp3) is 0.846. The van der Waals surface area contributed by atoms with Crippen LogP contribution in [0.15, 0.2) is 6.20 Å². The van der Waals surface area contributed by atoms with Crippen LogP contribution in [-0.2, 0) is 17.8 Å². The molecule has 104 valence electrons. The predicted molar refractivity (Wildman–Crippen MR) is 72.3 cm³/mol. The zero-order valence-electron chi connectivity index (χ0n) is 11.9. The Kier molecular flexibility index (Phi) is 7.60. The van der Waals surface area contributed by atoms with E-state index in [-0.39, 0.29) is 0 Å². The van der Waals surface area contributed by atoms with E-state index in [9.17, 15) is 0 Å². The minimum atomic E-state index is 0.469. The summed E-state index contributed by atoms with van der Waals surface area (Å²) in [6, 6.07) is 0.469. The molecule has 0 aromatic carbocycles. The van der Waals surface area contributed by atoms with E-state index >= 15 is 0 Å². The fourth-order valence-corrected chi connectivity index (χ4v) is 1.55. The van der Waals surface area contributed by atoms with Crippen LogP contribution in [0.5, 0.6) is 0 Å². The second kappa shape index (κ2) is 9.05. The minimum Gasteiger partial charge on any atom is -0.380 e. The summed E-state index contributed by atoms with van der Waals surface area (Å²) < 4.78 is 7.39. The Balaban J connectivity index is 2.11. The van der Waals surface area contributed by atoms with Crippen LogP contribution in [0.3, 0.4) is 0 Å². The number of nitrogens with one attached hydrogen (secondary N) is 1. The molecule has 0 aliphatic rings. The molecule has 0 atom stereocenters. The molecule has 0 bridgehead atoms. The second-order valence-electron chi connectivity index (χ2n) is 4.83. The molecule has 1 rings (SSSR count). The molecule has 1 aromatic rings. The van der Waals surface area contributed by atoms with Crippen LogP contribution in [0.1, 0.15) is 45.7 Å². The molecular weight excluding hydrogens is 228 g/mol. The van der Waals surface area contributed by atoms with Crippen LogP contribution < -0.4 is 5.32 Å². The summed E-state index contributed by atoms with van der Waals surface area (Å²) in [7, 11) is 0. The normalized spacial score (nSPS) is 11.3. The molecule has 0 aliphatic carbocycles. The number of hydrogen-bond acceptors (Lipinski definition) is 4. The van der Waals surface area contributed by atoms with Crippen molar-refractivity contribution in [3.05, 3.63) is 11.9 Å². The van der Waals surface area contributed by atoms with Crippen LogP contribution in [-0.4, -0.2) is 34.2 Å². The van der Waals surface area contributed by atoms with Crippen LogP contribution in [0.2, 0.25) is 0 Å². The van der Waals surface area contributed by atoms with Crippen molar-refractivity contribution in [2.45, 2.75) is 59.2 Å². The van der Waals surface area contributed by atoms with Crippen molar-refractivity contribution in [2.24, 2.45) is 0 Å². The Morgan fingerprint density at radius 1 is 1.33 bits per heavy atom. The van der Waals surface area contributed by atoms with Gasteiger partial charge in [0.05, 0.1) is 18.8 Å². The van der Waals surface area contributed by atoms with E-state index < -0.39 is 0 Å². The molecule has 18 heavy (non-hydrogen) atoms. The summed E-state index contributed by atoms with van der Waals surface area (Å²) in [6.07, 6.45) is 5.61. The third kappa shape index (κ3) is 6.71. The number of hydrogen-bond donors (Lipinski definition) is 1. The van der Waals surface area contributed by atoms with Gasteiger partial charge in [0.2, 0.25) is 0 Å². The lowest BCUT2D eigenvalue weighted by Crippen LogP contribution is -2.21. The van der Waals surface area contributed by atoms with Gasteiger partial charge in [-0.2, -0.15) is 0 Å². The lowest BCUT2D eigenvalue weighted by Gasteiger charge is -2.04. The molecule has 0 spiro atoms. The molecular formula is C13H26N4O. The molecule has 0 aliphatic heterocycles. The van der Waals surface area contributed by atoms with Crippen molar-refractivity contribution in [1.82, 2.24) is 20.3 Å². The first-order valence-electron chi connectivity index (χ1n) is 6.92. The highest BCUT2D eigenvalue weighted by molar-refractivity contribution is 4.91. The number of rotatable bonds is 10. The van der Waals surface area contributed by atoms with Crippen LogP contribution in [0.4, 0.5) is 0 Å². The minimum absolute atomic E-state index is 0.469. The quantitative estimate of drug-likeness (QED) is 0.649. The largest absolute Gasteiger partial charge is 0.380 e. The Labute approximate surface area is 110 Å². The standard InChI is InChI=1S/C13H26N4O/c1-4-5-6-8-18-9-7-17-11-13(15-16-17)10-14-12(2)3/h11-12,14H,4-10H2,1-3H3. The van der Waals surface area contributed by atoms with E-state index in [1.54, 1.807) is 0 Å². The first kappa shape index (κ1) is 15.1. The predicted octanol–water partition coefficient (Wildman–Crippen LogP) is 1.98. The summed E-state index contributed by atoms with van der Waals surface area (Å²) in [5.74, 6) is 0. The highest BCUT2D eigenvalue weighted by atomic mass is 16.5. The van der Waals surface area contributed by atoms with Gasteiger partial charge in [-0.3, -0.25) is 0 Å². The molecule has 1 heterocycles. The lowest BCUT2D eigenvalue weighted by molar-refractivity contribution is 0.119. The number of aromatic nitrogens is 3. The zero-order valence-corrected chi connectivity index (χ0v) is 11.9. The molecule has 1 N–H and O–H groups in total. The Morgan fingerprint density at radius 2 is 2.17 bits per heavy atom. The maximum atomic E-state index is 5.54. The lowest BCUT2D eigenvalue weighted by atomic mass is 10.3. The highest BCUT2D eigenvalue weighted by Crippen LogP contribution is 1.96. The van der Waals surface area contributed by atoms with Gasteiger partial charge in [0, 0.05) is 25.4 Å². The van der Waals surface area contributed by atoms with Crippen molar-refractivity contribution >= 4 is 0 Å². The Bertz CT molecular complexity index is 312. The van der Waals surface area contributed by atoms with E-state index in [2.05, 4.69) is 36.4 Å². The van der Waals surface area contributed by atoms with Crippen molar-refractivity contribution in [1.29, 1.82) is 0 Å². The third-order valence-electron chi connectivity index (χ3n) is 2.63. The van der Waals surface area contributed by atoms with Crippen molar-refractivity contribution in [3.8, 4) is 0 Å². The average Bonchev–Trinajstić information content (AvgIpc) is 2.79. The topological polar surface area (TPSA) is 52.0 Å². The first-order chi connectivity index (χ1) is 8.72. The summed E-state index contributed by atoms with van der Waals surface area (Å²) in [6.45, 7) is 9.55. The number of ether oxygens (including phenoxy) is 1. The molecule has 5 nitrogen and oxygen atoms in total. The monoisotopic (exact) mass is 254 g/mol. The third-order valence-corrected chi connectivity index (χ3v) is 2.63. The number of nitrogens with zero attached hydrogens (tertiary/aromatic N) is 3. The number of unbranched alkanes of at least 4 members (excludes halogenated alkanes) is 2. The van der Waals surface area contributed by atoms with Crippen molar-refractivity contribution in [2.75, 3.05) is 13.2 Å². The molecule has 5 heteroatoms. The molecule has 0 radical (unpaired) electrons. The molecule has 0 unspecified atom stereocenters. The van der Waals surface area contributed by atoms with Gasteiger partial charge in [0.25, 0.3) is 0 Å². The smallest absolute Gasteiger partial charge is 0.0964 e. The van der Waals surface area contributed by atoms with Gasteiger partial charge >= 0.3 is 0 Å². The zero-order chi connectivity index (χ0) is 13.2. The van der Waals surface area contributed by atoms with E-state index in [4.69, 9.17) is 4.74 Å². The summed E-state index contributed by atoms with van der Waals surface area (Å²) in [5, 5.41) is 11.5. The fourth-order valence-electron chi connectivity index (χ4n) is 1.55. The molecule has 0 saturated heterocycles. The highest BCUT2D eigenvalue weighted by Gasteiger charge is 2.01. The van der Waals surface area contributed by atoms with Gasteiger partial charge in [-0.1, -0.05) is 38.8 Å². The molecule has 1 aromatic heterocycles.